The molecular formula is C27H32FN7. The standard InChI is InChI=1S/C27H32FN7/c1-4-24-32-25-26(30-18-31-27(25)35(24)22-10-8-21(28)9-11-22)29-12-13-33-14-16-34(17-15-33)23-7-5-6-19(2)20(23)3/h5-11,18H,4,12-17H2,1-3H3,(H,29,30,31). The topological polar surface area (TPSA) is 62.1 Å². The number of hydrogen-bond donors (Lipinski definition) is 1. The summed E-state index contributed by atoms with van der Waals surface area (Å²) in [5, 5.41) is 3.48. The Labute approximate surface area is 205 Å². The van der Waals surface area contributed by atoms with Gasteiger partial charge in [0.2, 0.25) is 0 Å². The lowest BCUT2D eigenvalue weighted by Gasteiger charge is -2.37. The Balaban J connectivity index is 1.24. The normalized spacial score (nSPS) is 14.6. The molecule has 1 fully saturated rings. The van der Waals surface area contributed by atoms with Crippen molar-refractivity contribution in [3.63, 3.8) is 0 Å². The van der Waals surface area contributed by atoms with E-state index in [1.165, 1.54) is 28.9 Å². The van der Waals surface area contributed by atoms with Crippen LogP contribution in [-0.2, 0) is 6.42 Å². The highest BCUT2D eigenvalue weighted by molar-refractivity contribution is 5.84. The second-order valence-electron chi connectivity index (χ2n) is 9.06. The van der Waals surface area contributed by atoms with E-state index in [-0.39, 0.29) is 5.82 Å². The third-order valence-electron chi connectivity index (χ3n) is 6.92. The summed E-state index contributed by atoms with van der Waals surface area (Å²) >= 11 is 0. The van der Waals surface area contributed by atoms with Crippen molar-refractivity contribution in [2.45, 2.75) is 27.2 Å². The molecule has 5 rings (SSSR count). The maximum Gasteiger partial charge on any atom is 0.170 e. The zero-order valence-electron chi connectivity index (χ0n) is 20.6. The van der Waals surface area contributed by atoms with E-state index in [9.17, 15) is 4.39 Å². The molecule has 0 atom stereocenters. The molecule has 0 radical (unpaired) electrons. The van der Waals surface area contributed by atoms with Crippen LogP contribution >= 0.6 is 0 Å². The molecule has 0 bridgehead atoms. The quantitative estimate of drug-likeness (QED) is 0.430. The molecule has 4 aromatic rings. The number of aryl methyl sites for hydroxylation is 2. The summed E-state index contributed by atoms with van der Waals surface area (Å²) in [5.41, 5.74) is 6.40. The zero-order valence-corrected chi connectivity index (χ0v) is 20.6. The Morgan fingerprint density at radius 2 is 1.74 bits per heavy atom. The van der Waals surface area contributed by atoms with E-state index in [0.29, 0.717) is 0 Å². The Morgan fingerprint density at radius 1 is 0.971 bits per heavy atom. The van der Waals surface area contributed by atoms with E-state index in [1.807, 2.05) is 4.57 Å². The summed E-state index contributed by atoms with van der Waals surface area (Å²) in [7, 11) is 0. The fourth-order valence-corrected chi connectivity index (χ4v) is 4.79. The predicted octanol–water partition coefficient (Wildman–Crippen LogP) is 4.37. The third kappa shape index (κ3) is 4.71. The first kappa shape index (κ1) is 23.2. The molecule has 0 aliphatic carbocycles. The monoisotopic (exact) mass is 473 g/mol. The van der Waals surface area contributed by atoms with Crippen LogP contribution in [0.25, 0.3) is 16.9 Å². The minimum absolute atomic E-state index is 0.261. The minimum Gasteiger partial charge on any atom is -0.369 e. The van der Waals surface area contributed by atoms with E-state index in [2.05, 4.69) is 64.1 Å². The highest BCUT2D eigenvalue weighted by Crippen LogP contribution is 2.25. The van der Waals surface area contributed by atoms with E-state index in [1.54, 1.807) is 18.5 Å². The fraction of sp³-hybridized carbons (Fsp3) is 0.370. The zero-order chi connectivity index (χ0) is 24.4. The van der Waals surface area contributed by atoms with Gasteiger partial charge in [-0.05, 0) is 55.3 Å². The Hall–Kier alpha value is -3.52. The average Bonchev–Trinajstić information content (AvgIpc) is 3.26. The van der Waals surface area contributed by atoms with Gasteiger partial charge in [0.15, 0.2) is 17.0 Å². The van der Waals surface area contributed by atoms with Crippen LogP contribution in [0.3, 0.4) is 0 Å². The van der Waals surface area contributed by atoms with Crippen molar-refractivity contribution < 1.29 is 4.39 Å². The maximum atomic E-state index is 13.5. The van der Waals surface area contributed by atoms with Gasteiger partial charge in [-0.15, -0.1) is 0 Å². The van der Waals surface area contributed by atoms with Crippen molar-refractivity contribution >= 4 is 22.7 Å². The average molecular weight is 474 g/mol. The van der Waals surface area contributed by atoms with Gasteiger partial charge in [-0.1, -0.05) is 19.1 Å². The van der Waals surface area contributed by atoms with Gasteiger partial charge in [-0.25, -0.2) is 19.3 Å². The van der Waals surface area contributed by atoms with Crippen LogP contribution in [0.2, 0.25) is 0 Å². The van der Waals surface area contributed by atoms with E-state index in [4.69, 9.17) is 4.98 Å². The van der Waals surface area contributed by atoms with Crippen LogP contribution in [0, 0.1) is 19.7 Å². The molecule has 35 heavy (non-hydrogen) atoms. The molecule has 0 unspecified atom stereocenters. The second-order valence-corrected chi connectivity index (χ2v) is 9.06. The van der Waals surface area contributed by atoms with Gasteiger partial charge in [-0.2, -0.15) is 0 Å². The Morgan fingerprint density at radius 3 is 2.49 bits per heavy atom. The van der Waals surface area contributed by atoms with Crippen LogP contribution in [0.5, 0.6) is 0 Å². The van der Waals surface area contributed by atoms with Crippen LogP contribution in [0.15, 0.2) is 48.8 Å². The minimum atomic E-state index is -0.261. The number of imidazole rings is 1. The molecule has 0 saturated carbocycles. The summed E-state index contributed by atoms with van der Waals surface area (Å²) < 4.78 is 15.4. The number of piperazine rings is 1. The number of nitrogens with one attached hydrogen (secondary N) is 1. The molecule has 1 saturated heterocycles. The SMILES string of the molecule is CCc1nc2c(NCCN3CCN(c4cccc(C)c4C)CC3)ncnc2n1-c1ccc(F)cc1. The van der Waals surface area contributed by atoms with Gasteiger partial charge >= 0.3 is 0 Å². The van der Waals surface area contributed by atoms with Crippen molar-refractivity contribution in [1.82, 2.24) is 24.4 Å². The van der Waals surface area contributed by atoms with Crippen molar-refractivity contribution in [3.8, 4) is 5.69 Å². The first-order valence-corrected chi connectivity index (χ1v) is 12.3. The van der Waals surface area contributed by atoms with Crippen molar-refractivity contribution in [2.24, 2.45) is 0 Å². The number of benzene rings is 2. The van der Waals surface area contributed by atoms with E-state index in [0.717, 1.165) is 74.2 Å². The number of hydrogen-bond acceptors (Lipinski definition) is 6. The molecule has 1 aliphatic rings. The lowest BCUT2D eigenvalue weighted by Crippen LogP contribution is -2.47. The molecule has 1 aliphatic heterocycles. The first-order valence-electron chi connectivity index (χ1n) is 12.3. The molecule has 182 valence electrons. The number of rotatable bonds is 7. The Kier molecular flexibility index (Phi) is 6.63. The van der Waals surface area contributed by atoms with Gasteiger partial charge in [0.25, 0.3) is 0 Å². The lowest BCUT2D eigenvalue weighted by molar-refractivity contribution is 0.267. The van der Waals surface area contributed by atoms with Gasteiger partial charge in [0.05, 0.1) is 0 Å². The van der Waals surface area contributed by atoms with Gasteiger partial charge in [0.1, 0.15) is 18.0 Å². The first-order chi connectivity index (χ1) is 17.0. The molecule has 3 heterocycles. The van der Waals surface area contributed by atoms with Gasteiger partial charge in [0, 0.05) is 57.1 Å². The highest BCUT2D eigenvalue weighted by Gasteiger charge is 2.20. The number of halogens is 1. The summed E-state index contributed by atoms with van der Waals surface area (Å²) in [6, 6.07) is 13.0. The molecule has 0 spiro atoms. The Bertz CT molecular complexity index is 1310. The summed E-state index contributed by atoms with van der Waals surface area (Å²) in [6.07, 6.45) is 2.30. The number of nitrogens with zero attached hydrogens (tertiary/aromatic N) is 6. The van der Waals surface area contributed by atoms with E-state index < -0.39 is 0 Å². The lowest BCUT2D eigenvalue weighted by atomic mass is 10.1. The summed E-state index contributed by atoms with van der Waals surface area (Å²) in [5.74, 6) is 1.35. The van der Waals surface area contributed by atoms with Crippen molar-refractivity contribution in [3.05, 3.63) is 71.6 Å². The molecular weight excluding hydrogens is 441 g/mol. The number of anilines is 2. The molecule has 0 amide bonds. The van der Waals surface area contributed by atoms with Crippen LogP contribution in [-0.4, -0.2) is 63.7 Å². The molecule has 8 heteroatoms. The summed E-state index contributed by atoms with van der Waals surface area (Å²) in [6.45, 7) is 12.3. The van der Waals surface area contributed by atoms with Crippen molar-refractivity contribution in [2.75, 3.05) is 49.5 Å². The summed E-state index contributed by atoms with van der Waals surface area (Å²) in [4.78, 5) is 18.8. The molecule has 2 aromatic carbocycles. The maximum absolute atomic E-state index is 13.5. The van der Waals surface area contributed by atoms with Crippen LogP contribution < -0.4 is 10.2 Å². The molecule has 7 nitrogen and oxygen atoms in total. The number of aromatic nitrogens is 4. The number of fused-ring (bicyclic) bond motifs is 1. The third-order valence-corrected chi connectivity index (χ3v) is 6.92. The second kappa shape index (κ2) is 10.00. The van der Waals surface area contributed by atoms with Crippen LogP contribution in [0.1, 0.15) is 23.9 Å². The predicted molar refractivity (Wildman–Crippen MR) is 139 cm³/mol. The fourth-order valence-electron chi connectivity index (χ4n) is 4.79. The molecule has 1 N–H and O–H groups in total. The van der Waals surface area contributed by atoms with Crippen molar-refractivity contribution in [1.29, 1.82) is 0 Å². The smallest absolute Gasteiger partial charge is 0.170 e. The van der Waals surface area contributed by atoms with Crippen LogP contribution in [0.4, 0.5) is 15.9 Å². The van der Waals surface area contributed by atoms with Gasteiger partial charge in [-0.3, -0.25) is 9.47 Å². The highest BCUT2D eigenvalue weighted by atomic mass is 19.1. The largest absolute Gasteiger partial charge is 0.369 e. The van der Waals surface area contributed by atoms with Gasteiger partial charge < -0.3 is 10.2 Å². The van der Waals surface area contributed by atoms with E-state index >= 15 is 0 Å². The molecule has 2 aromatic heterocycles.